The third-order valence-corrected chi connectivity index (χ3v) is 4.20. The predicted molar refractivity (Wildman–Crippen MR) is 79.2 cm³/mol. The summed E-state index contributed by atoms with van der Waals surface area (Å²) in [6.07, 6.45) is 3.20. The van der Waals surface area contributed by atoms with Crippen molar-refractivity contribution in [1.29, 1.82) is 0 Å². The van der Waals surface area contributed by atoms with Crippen LogP contribution >= 0.6 is 0 Å². The monoisotopic (exact) mass is 260 g/mol. The van der Waals surface area contributed by atoms with Crippen LogP contribution in [0.3, 0.4) is 0 Å². The van der Waals surface area contributed by atoms with Gasteiger partial charge in [0.1, 0.15) is 0 Å². The third kappa shape index (κ3) is 2.98. The molecule has 2 N–H and O–H groups in total. The number of nitrogens with zero attached hydrogens (tertiary/aromatic N) is 1. The Balaban J connectivity index is 2.18. The van der Waals surface area contributed by atoms with E-state index in [1.54, 1.807) is 4.90 Å². The molecule has 0 aliphatic heterocycles. The molecule has 0 heterocycles. The molecule has 104 valence electrons. The summed E-state index contributed by atoms with van der Waals surface area (Å²) in [5, 5.41) is 0. The Morgan fingerprint density at radius 3 is 2.47 bits per heavy atom. The lowest BCUT2D eigenvalue weighted by molar-refractivity contribution is -0.123. The lowest BCUT2D eigenvalue weighted by Gasteiger charge is -2.25. The van der Waals surface area contributed by atoms with Crippen LogP contribution in [0.4, 0.5) is 5.69 Å². The van der Waals surface area contributed by atoms with Crippen molar-refractivity contribution in [3.8, 4) is 0 Å². The first-order valence-corrected chi connectivity index (χ1v) is 7.09. The molecule has 3 heteroatoms. The van der Waals surface area contributed by atoms with Crippen LogP contribution in [0.2, 0.25) is 0 Å². The first-order chi connectivity index (χ1) is 9.02. The number of nitrogens with two attached hydrogens (primary N) is 1. The minimum absolute atomic E-state index is 0.107. The summed E-state index contributed by atoms with van der Waals surface area (Å²) in [6.45, 7) is 4.75. The van der Waals surface area contributed by atoms with Crippen molar-refractivity contribution in [2.75, 3.05) is 18.5 Å². The second-order valence-electron chi connectivity index (χ2n) is 5.78. The number of hydrogen-bond donors (Lipinski definition) is 1. The molecule has 1 aliphatic rings. The van der Waals surface area contributed by atoms with Crippen LogP contribution in [0.5, 0.6) is 0 Å². The molecular weight excluding hydrogens is 236 g/mol. The van der Waals surface area contributed by atoms with Gasteiger partial charge in [0.05, 0.1) is 0 Å². The fraction of sp³-hybridized carbons (Fsp3) is 0.562. The number of benzene rings is 1. The summed E-state index contributed by atoms with van der Waals surface area (Å²) in [5.41, 5.74) is 9.15. The first-order valence-electron chi connectivity index (χ1n) is 7.09. The molecule has 0 aromatic heterocycles. The van der Waals surface area contributed by atoms with Crippen LogP contribution < -0.4 is 10.6 Å². The van der Waals surface area contributed by atoms with E-state index in [1.165, 1.54) is 11.1 Å². The average Bonchev–Trinajstić information content (AvgIpc) is 2.84. The Hall–Kier alpha value is -1.35. The van der Waals surface area contributed by atoms with Crippen LogP contribution in [-0.4, -0.2) is 19.5 Å². The van der Waals surface area contributed by atoms with Crippen molar-refractivity contribution in [2.45, 2.75) is 33.1 Å². The van der Waals surface area contributed by atoms with Crippen molar-refractivity contribution in [3.05, 3.63) is 29.3 Å². The molecule has 1 aromatic carbocycles. The number of hydrogen-bond acceptors (Lipinski definition) is 2. The summed E-state index contributed by atoms with van der Waals surface area (Å²) in [4.78, 5) is 14.4. The lowest BCUT2D eigenvalue weighted by Crippen LogP contribution is -2.36. The molecule has 0 bridgehead atoms. The van der Waals surface area contributed by atoms with Gasteiger partial charge in [-0.1, -0.05) is 12.5 Å². The number of aryl methyl sites for hydroxylation is 2. The fourth-order valence-electron chi connectivity index (χ4n) is 3.16. The van der Waals surface area contributed by atoms with E-state index in [0.29, 0.717) is 12.5 Å². The molecule has 1 aromatic rings. The molecule has 19 heavy (non-hydrogen) atoms. The molecule has 1 aliphatic carbocycles. The molecule has 0 saturated heterocycles. The van der Waals surface area contributed by atoms with Gasteiger partial charge in [0.15, 0.2) is 0 Å². The third-order valence-electron chi connectivity index (χ3n) is 4.20. The lowest BCUT2D eigenvalue weighted by atomic mass is 9.94. The zero-order chi connectivity index (χ0) is 14.0. The average molecular weight is 260 g/mol. The van der Waals surface area contributed by atoms with E-state index in [9.17, 15) is 4.79 Å². The molecule has 0 unspecified atom stereocenters. The Morgan fingerprint density at radius 2 is 1.89 bits per heavy atom. The van der Waals surface area contributed by atoms with Crippen molar-refractivity contribution >= 4 is 11.6 Å². The largest absolute Gasteiger partial charge is 0.330 e. The van der Waals surface area contributed by atoms with E-state index in [-0.39, 0.29) is 11.8 Å². The van der Waals surface area contributed by atoms with E-state index >= 15 is 0 Å². The van der Waals surface area contributed by atoms with E-state index in [0.717, 1.165) is 24.9 Å². The molecule has 2 rings (SSSR count). The summed E-state index contributed by atoms with van der Waals surface area (Å²) in [7, 11) is 1.88. The van der Waals surface area contributed by atoms with Crippen molar-refractivity contribution in [2.24, 2.45) is 17.6 Å². The molecule has 0 radical (unpaired) electrons. The van der Waals surface area contributed by atoms with Crippen LogP contribution in [0.25, 0.3) is 0 Å². The van der Waals surface area contributed by atoms with Gasteiger partial charge in [0, 0.05) is 18.7 Å². The summed E-state index contributed by atoms with van der Waals surface area (Å²) >= 11 is 0. The molecule has 3 nitrogen and oxygen atoms in total. The fourth-order valence-corrected chi connectivity index (χ4v) is 3.16. The van der Waals surface area contributed by atoms with Gasteiger partial charge in [-0.15, -0.1) is 0 Å². The Kier molecular flexibility index (Phi) is 4.25. The van der Waals surface area contributed by atoms with Gasteiger partial charge >= 0.3 is 0 Å². The number of carbonyl (C=O) groups excluding carboxylic acids is 1. The standard InChI is InChI=1S/C16H24N2O/c1-11-7-12(2)9-14(8-11)18(3)16(19)15-6-4-5-13(15)10-17/h7-9,13,15H,4-6,10,17H2,1-3H3/t13-,15-/m1/s1. The van der Waals surface area contributed by atoms with Crippen LogP contribution in [0, 0.1) is 25.7 Å². The van der Waals surface area contributed by atoms with Crippen molar-refractivity contribution in [1.82, 2.24) is 0 Å². The SMILES string of the molecule is Cc1cc(C)cc(N(C)C(=O)[C@@H]2CCC[C@@H]2CN)c1. The number of amides is 1. The zero-order valence-corrected chi connectivity index (χ0v) is 12.1. The normalized spacial score (nSPS) is 22.5. The highest BCUT2D eigenvalue weighted by Gasteiger charge is 2.34. The Bertz CT molecular complexity index is 450. The highest BCUT2D eigenvalue weighted by molar-refractivity contribution is 5.95. The molecular formula is C16H24N2O. The van der Waals surface area contributed by atoms with Crippen LogP contribution in [0.1, 0.15) is 30.4 Å². The van der Waals surface area contributed by atoms with Gasteiger partial charge in [0.25, 0.3) is 0 Å². The second-order valence-corrected chi connectivity index (χ2v) is 5.78. The van der Waals surface area contributed by atoms with Crippen LogP contribution in [0.15, 0.2) is 18.2 Å². The van der Waals surface area contributed by atoms with Gasteiger partial charge in [0.2, 0.25) is 5.91 Å². The highest BCUT2D eigenvalue weighted by atomic mass is 16.2. The van der Waals surface area contributed by atoms with Gasteiger partial charge < -0.3 is 10.6 Å². The number of anilines is 1. The molecule has 2 atom stereocenters. The molecule has 1 fully saturated rings. The van der Waals surface area contributed by atoms with Gasteiger partial charge in [-0.2, -0.15) is 0 Å². The summed E-state index contributed by atoms with van der Waals surface area (Å²) in [5.74, 6) is 0.689. The van der Waals surface area contributed by atoms with Crippen molar-refractivity contribution in [3.63, 3.8) is 0 Å². The topological polar surface area (TPSA) is 46.3 Å². The first kappa shape index (κ1) is 14.1. The second kappa shape index (κ2) is 5.74. The Morgan fingerprint density at radius 1 is 1.26 bits per heavy atom. The summed E-state index contributed by atoms with van der Waals surface area (Å²) < 4.78 is 0. The Labute approximate surface area is 115 Å². The highest BCUT2D eigenvalue weighted by Crippen LogP contribution is 2.33. The van der Waals surface area contributed by atoms with Crippen molar-refractivity contribution < 1.29 is 4.79 Å². The number of carbonyl (C=O) groups is 1. The maximum absolute atomic E-state index is 12.6. The van der Waals surface area contributed by atoms with E-state index in [1.807, 2.05) is 7.05 Å². The molecule has 1 saturated carbocycles. The smallest absolute Gasteiger partial charge is 0.230 e. The van der Waals surface area contributed by atoms with Gasteiger partial charge in [-0.25, -0.2) is 0 Å². The molecule has 1 amide bonds. The van der Waals surface area contributed by atoms with Gasteiger partial charge in [-0.3, -0.25) is 4.79 Å². The maximum Gasteiger partial charge on any atom is 0.230 e. The predicted octanol–water partition coefficient (Wildman–Crippen LogP) is 2.64. The molecule has 0 spiro atoms. The maximum atomic E-state index is 12.6. The minimum atomic E-state index is 0.107. The quantitative estimate of drug-likeness (QED) is 0.908. The minimum Gasteiger partial charge on any atom is -0.330 e. The number of rotatable bonds is 3. The van der Waals surface area contributed by atoms with E-state index in [4.69, 9.17) is 5.73 Å². The van der Waals surface area contributed by atoms with Crippen LogP contribution in [-0.2, 0) is 4.79 Å². The zero-order valence-electron chi connectivity index (χ0n) is 12.1. The van der Waals surface area contributed by atoms with Gasteiger partial charge in [-0.05, 0) is 62.4 Å². The van der Waals surface area contributed by atoms with E-state index in [2.05, 4.69) is 32.0 Å². The summed E-state index contributed by atoms with van der Waals surface area (Å²) in [6, 6.07) is 6.26. The van der Waals surface area contributed by atoms with E-state index < -0.39 is 0 Å².